The second-order valence-corrected chi connectivity index (χ2v) is 6.64. The predicted molar refractivity (Wildman–Crippen MR) is 107 cm³/mol. The normalized spacial score (nSPS) is 16.3. The van der Waals surface area contributed by atoms with E-state index in [1.54, 1.807) is 24.3 Å². The third kappa shape index (κ3) is 3.51. The molecule has 28 heavy (non-hydrogen) atoms. The number of amides is 1. The van der Waals surface area contributed by atoms with E-state index in [0.29, 0.717) is 17.4 Å². The lowest BCUT2D eigenvalue weighted by Crippen LogP contribution is -2.41. The largest absolute Gasteiger partial charge is 0.373 e. The van der Waals surface area contributed by atoms with Gasteiger partial charge in [0.2, 0.25) is 0 Å². The maximum Gasteiger partial charge on any atom is 0.287 e. The molecule has 1 fully saturated rings. The topological polar surface area (TPSA) is 116 Å². The van der Waals surface area contributed by atoms with Gasteiger partial charge in [0.05, 0.1) is 10.9 Å². The lowest BCUT2D eigenvalue weighted by atomic mass is 10.2. The van der Waals surface area contributed by atoms with E-state index in [0.717, 1.165) is 31.0 Å². The lowest BCUT2D eigenvalue weighted by Gasteiger charge is -2.26. The van der Waals surface area contributed by atoms with Crippen LogP contribution in [0.4, 0.5) is 11.6 Å². The molecule has 9 heteroatoms. The van der Waals surface area contributed by atoms with Crippen molar-refractivity contribution in [3.05, 3.63) is 52.8 Å². The second-order valence-electron chi connectivity index (χ2n) is 6.64. The van der Waals surface area contributed by atoms with E-state index >= 15 is 0 Å². The highest BCUT2D eigenvalue weighted by Gasteiger charge is 2.26. The van der Waals surface area contributed by atoms with Gasteiger partial charge in [0.15, 0.2) is 5.82 Å². The summed E-state index contributed by atoms with van der Waals surface area (Å²) in [6.45, 7) is 1.31. The van der Waals surface area contributed by atoms with Crippen molar-refractivity contribution in [2.75, 3.05) is 30.4 Å². The molecule has 0 spiro atoms. The molecule has 1 aliphatic heterocycles. The fourth-order valence-corrected chi connectivity index (χ4v) is 3.48. The summed E-state index contributed by atoms with van der Waals surface area (Å²) in [4.78, 5) is 42.2. The van der Waals surface area contributed by atoms with Crippen LogP contribution in [0.15, 0.2) is 41.5 Å². The maximum absolute atomic E-state index is 12.5. The number of rotatable bonds is 5. The van der Waals surface area contributed by atoms with Gasteiger partial charge in [-0.2, -0.15) is 0 Å². The number of hydrogen-bond acceptors (Lipinski definition) is 7. The molecule has 1 saturated heterocycles. The molecule has 3 heterocycles. The van der Waals surface area contributed by atoms with Crippen molar-refractivity contribution < 1.29 is 4.79 Å². The van der Waals surface area contributed by atoms with Gasteiger partial charge in [-0.3, -0.25) is 9.59 Å². The van der Waals surface area contributed by atoms with Gasteiger partial charge in [-0.25, -0.2) is 15.0 Å². The molecule has 9 nitrogen and oxygen atoms in total. The molecule has 0 saturated carbocycles. The quantitative estimate of drug-likeness (QED) is 0.609. The molecule has 1 aromatic carbocycles. The number of para-hydroxylation sites is 1. The monoisotopic (exact) mass is 379 g/mol. The highest BCUT2D eigenvalue weighted by molar-refractivity contribution is 5.92. The lowest BCUT2D eigenvalue weighted by molar-refractivity contribution is 0.0941. The maximum atomic E-state index is 12.5. The fourth-order valence-electron chi connectivity index (χ4n) is 3.48. The highest BCUT2D eigenvalue weighted by Crippen LogP contribution is 2.24. The van der Waals surface area contributed by atoms with Gasteiger partial charge < -0.3 is 20.5 Å². The molecule has 1 unspecified atom stereocenters. The fraction of sp³-hybridized carbons (Fsp3) is 0.316. The number of hydrogen-bond donors (Lipinski definition) is 3. The summed E-state index contributed by atoms with van der Waals surface area (Å²) in [6, 6.07) is 8.96. The molecule has 1 amide bonds. The number of aromatic nitrogens is 4. The molecule has 3 aromatic rings. The van der Waals surface area contributed by atoms with Gasteiger partial charge in [0.1, 0.15) is 18.0 Å². The first kappa shape index (κ1) is 17.9. The molecule has 1 atom stereocenters. The first-order valence-corrected chi connectivity index (χ1v) is 9.19. The number of fused-ring (bicyclic) bond motifs is 1. The Kier molecular flexibility index (Phi) is 4.88. The molecule has 4 rings (SSSR count). The molecule has 0 aliphatic carbocycles. The van der Waals surface area contributed by atoms with E-state index in [-0.39, 0.29) is 17.4 Å². The summed E-state index contributed by atoms with van der Waals surface area (Å²) in [5, 5.41) is 6.36. The Morgan fingerprint density at radius 3 is 3.04 bits per heavy atom. The third-order valence-electron chi connectivity index (χ3n) is 4.91. The van der Waals surface area contributed by atoms with E-state index in [9.17, 15) is 9.59 Å². The SMILES string of the molecule is CNc1cc(N2CCCC2CNC(=O)c2nc3ccccc3c(=O)[nH]2)ncn1. The number of benzene rings is 1. The molecule has 1 aliphatic rings. The Morgan fingerprint density at radius 2 is 2.18 bits per heavy atom. The first-order chi connectivity index (χ1) is 13.7. The zero-order chi connectivity index (χ0) is 19.5. The Balaban J connectivity index is 1.47. The van der Waals surface area contributed by atoms with Crippen molar-refractivity contribution in [3.63, 3.8) is 0 Å². The number of carbonyl (C=O) groups excluding carboxylic acids is 1. The summed E-state index contributed by atoms with van der Waals surface area (Å²) < 4.78 is 0. The van der Waals surface area contributed by atoms with Crippen LogP contribution in [0, 0.1) is 0 Å². The summed E-state index contributed by atoms with van der Waals surface area (Å²) in [5.41, 5.74) is 0.179. The minimum absolute atomic E-state index is 0.0211. The van der Waals surface area contributed by atoms with Gasteiger partial charge in [-0.1, -0.05) is 12.1 Å². The second kappa shape index (κ2) is 7.63. The van der Waals surface area contributed by atoms with E-state index in [2.05, 4.69) is 35.5 Å². The Hall–Kier alpha value is -3.49. The van der Waals surface area contributed by atoms with Crippen LogP contribution in [-0.2, 0) is 0 Å². The predicted octanol–water partition coefficient (Wildman–Crippen LogP) is 1.15. The van der Waals surface area contributed by atoms with E-state index < -0.39 is 5.91 Å². The van der Waals surface area contributed by atoms with Crippen molar-refractivity contribution in [1.82, 2.24) is 25.3 Å². The van der Waals surface area contributed by atoms with E-state index in [4.69, 9.17) is 0 Å². The van der Waals surface area contributed by atoms with Gasteiger partial charge in [-0.15, -0.1) is 0 Å². The molecular formula is C19H21N7O2. The molecule has 0 radical (unpaired) electrons. The van der Waals surface area contributed by atoms with Gasteiger partial charge >= 0.3 is 0 Å². The van der Waals surface area contributed by atoms with Crippen molar-refractivity contribution in [1.29, 1.82) is 0 Å². The van der Waals surface area contributed by atoms with E-state index in [1.807, 2.05) is 13.1 Å². The van der Waals surface area contributed by atoms with Crippen LogP contribution in [0.2, 0.25) is 0 Å². The van der Waals surface area contributed by atoms with Crippen LogP contribution in [0.1, 0.15) is 23.5 Å². The van der Waals surface area contributed by atoms with Crippen LogP contribution < -0.4 is 21.1 Å². The standard InChI is InChI=1S/C19H21N7O2/c1-20-15-9-16(23-11-22-15)26-8-4-5-12(26)10-21-19(28)17-24-14-7-3-2-6-13(14)18(27)25-17/h2-3,6-7,9,11-12H,4-5,8,10H2,1H3,(H,21,28)(H,20,22,23)(H,24,25,27). The summed E-state index contributed by atoms with van der Waals surface area (Å²) >= 11 is 0. The third-order valence-corrected chi connectivity index (χ3v) is 4.91. The molecule has 144 valence electrons. The number of H-pyrrole nitrogens is 1. The van der Waals surface area contributed by atoms with Gasteiger partial charge in [0, 0.05) is 32.2 Å². The average molecular weight is 379 g/mol. The van der Waals surface area contributed by atoms with Crippen LogP contribution in [0.25, 0.3) is 10.9 Å². The van der Waals surface area contributed by atoms with Crippen LogP contribution in [-0.4, -0.2) is 52.0 Å². The average Bonchev–Trinajstić information content (AvgIpc) is 3.20. The minimum Gasteiger partial charge on any atom is -0.373 e. The summed E-state index contributed by atoms with van der Waals surface area (Å²) in [7, 11) is 1.81. The van der Waals surface area contributed by atoms with Crippen molar-refractivity contribution in [2.45, 2.75) is 18.9 Å². The summed E-state index contributed by atoms with van der Waals surface area (Å²) in [5.74, 6) is 1.20. The number of nitrogens with zero attached hydrogens (tertiary/aromatic N) is 4. The van der Waals surface area contributed by atoms with Crippen molar-refractivity contribution in [2.24, 2.45) is 0 Å². The van der Waals surface area contributed by atoms with Gasteiger partial charge in [-0.05, 0) is 25.0 Å². The van der Waals surface area contributed by atoms with Gasteiger partial charge in [0.25, 0.3) is 11.5 Å². The van der Waals surface area contributed by atoms with Crippen molar-refractivity contribution in [3.8, 4) is 0 Å². The number of carbonyl (C=O) groups is 1. The molecule has 3 N–H and O–H groups in total. The molecule has 2 aromatic heterocycles. The van der Waals surface area contributed by atoms with Crippen LogP contribution >= 0.6 is 0 Å². The van der Waals surface area contributed by atoms with Crippen molar-refractivity contribution >= 4 is 28.4 Å². The Bertz CT molecular complexity index is 1070. The number of aromatic amines is 1. The first-order valence-electron chi connectivity index (χ1n) is 9.19. The minimum atomic E-state index is -0.395. The van der Waals surface area contributed by atoms with E-state index in [1.165, 1.54) is 6.33 Å². The number of nitrogens with one attached hydrogen (secondary N) is 3. The summed E-state index contributed by atoms with van der Waals surface area (Å²) in [6.07, 6.45) is 3.49. The molecule has 0 bridgehead atoms. The Labute approximate surface area is 161 Å². The zero-order valence-corrected chi connectivity index (χ0v) is 15.5. The zero-order valence-electron chi connectivity index (χ0n) is 15.5. The Morgan fingerprint density at radius 1 is 1.32 bits per heavy atom. The molecular weight excluding hydrogens is 358 g/mol. The number of anilines is 2. The van der Waals surface area contributed by atoms with Crippen LogP contribution in [0.3, 0.4) is 0 Å². The highest BCUT2D eigenvalue weighted by atomic mass is 16.2. The van der Waals surface area contributed by atoms with Crippen LogP contribution in [0.5, 0.6) is 0 Å². The smallest absolute Gasteiger partial charge is 0.287 e.